The highest BCUT2D eigenvalue weighted by Crippen LogP contribution is 2.59. The summed E-state index contributed by atoms with van der Waals surface area (Å²) >= 11 is 1.04. The van der Waals surface area contributed by atoms with E-state index in [1.165, 1.54) is 12.1 Å². The summed E-state index contributed by atoms with van der Waals surface area (Å²) in [4.78, 5) is 63.0. The minimum absolute atomic E-state index is 0.0556. The molecule has 11 nitrogen and oxygen atoms in total. The van der Waals surface area contributed by atoms with Gasteiger partial charge in [-0.2, -0.15) is 13.9 Å². The zero-order valence-corrected chi connectivity index (χ0v) is 25.5. The lowest BCUT2D eigenvalue weighted by Crippen LogP contribution is -2.59. The Hall–Kier alpha value is -3.19. The number of amides is 3. The molecule has 3 saturated heterocycles. The van der Waals surface area contributed by atoms with E-state index in [9.17, 15) is 27.7 Å². The first-order valence-corrected chi connectivity index (χ1v) is 17.1. The lowest BCUT2D eigenvalue weighted by molar-refractivity contribution is -0.149. The van der Waals surface area contributed by atoms with Crippen molar-refractivity contribution in [2.75, 3.05) is 13.1 Å². The maximum Gasteiger partial charge on any atom is 0.399 e. The summed E-state index contributed by atoms with van der Waals surface area (Å²) in [7, 11) is -3.89. The molecule has 7 rings (SSSR count). The van der Waals surface area contributed by atoms with Gasteiger partial charge in [-0.05, 0) is 73.1 Å². The molecule has 5 heterocycles. The topological polar surface area (TPSA) is 145 Å². The molecular weight excluding hydrogens is 615 g/mol. The van der Waals surface area contributed by atoms with E-state index < -0.39 is 36.8 Å². The fourth-order valence-electron chi connectivity index (χ4n) is 7.10. The van der Waals surface area contributed by atoms with E-state index in [-0.39, 0.29) is 34.0 Å². The normalized spacial score (nSPS) is 27.4. The van der Waals surface area contributed by atoms with E-state index in [4.69, 9.17) is 9.79 Å². The second kappa shape index (κ2) is 10.4. The Kier molecular flexibility index (Phi) is 7.00. The highest BCUT2D eigenvalue weighted by molar-refractivity contribution is 7.52. The number of aromatic nitrogens is 2. The number of benzene rings is 1. The van der Waals surface area contributed by atoms with Crippen molar-refractivity contribution in [3.05, 3.63) is 52.7 Å². The molecule has 0 bridgehead atoms. The summed E-state index contributed by atoms with van der Waals surface area (Å²) in [5.74, 6) is 0.113. The second-order valence-corrected chi connectivity index (χ2v) is 15.3. The van der Waals surface area contributed by atoms with Crippen LogP contribution >= 0.6 is 18.9 Å². The highest BCUT2D eigenvalue weighted by atomic mass is 32.1. The standard InChI is InChI=1S/C29H32F2N5O6PS/c1-34-12-18(11-32-34)19-13-35(14-19)28(39)23-4-3-21-8-15-6-16(15)9-22(27(38)36(21)23)33-26(37)25-10-17-7-20(2-5-24(17)44-25)29(30,31)43(40,41)42/h2,5,7,10-12,15-16,19,21-23H,3-4,6,8-9,13-14H2,1H3,(H,33,37)(H2,40,41,42)/t15-,16+,21-,22+,23+/m1/s1. The number of nitrogens with zero attached hydrogens (tertiary/aromatic N) is 4. The number of likely N-dealkylation sites (tertiary alicyclic amines) is 1. The minimum atomic E-state index is -5.75. The van der Waals surface area contributed by atoms with Crippen LogP contribution in [0.4, 0.5) is 8.78 Å². The number of thiophene rings is 1. The van der Waals surface area contributed by atoms with Gasteiger partial charge in [-0.1, -0.05) is 6.07 Å². The maximum atomic E-state index is 14.3. The number of hydrogen-bond donors (Lipinski definition) is 3. The average molecular weight is 648 g/mol. The van der Waals surface area contributed by atoms with Gasteiger partial charge >= 0.3 is 13.3 Å². The zero-order valence-electron chi connectivity index (χ0n) is 23.8. The summed E-state index contributed by atoms with van der Waals surface area (Å²) < 4.78 is 42.1. The van der Waals surface area contributed by atoms with Gasteiger partial charge in [0, 0.05) is 48.6 Å². The van der Waals surface area contributed by atoms with Gasteiger partial charge in [0.25, 0.3) is 5.91 Å². The van der Waals surface area contributed by atoms with Crippen LogP contribution in [0, 0.1) is 11.8 Å². The molecule has 1 saturated carbocycles. The molecule has 2 aromatic heterocycles. The van der Waals surface area contributed by atoms with E-state index in [0.29, 0.717) is 42.5 Å². The van der Waals surface area contributed by atoms with E-state index in [0.717, 1.165) is 48.3 Å². The number of carbonyl (C=O) groups excluding carboxylic acids is 3. The van der Waals surface area contributed by atoms with Crippen molar-refractivity contribution >= 4 is 46.7 Å². The molecule has 4 aliphatic rings. The van der Waals surface area contributed by atoms with E-state index in [1.54, 1.807) is 14.5 Å². The van der Waals surface area contributed by atoms with Crippen molar-refractivity contribution in [1.29, 1.82) is 0 Å². The summed E-state index contributed by atoms with van der Waals surface area (Å²) in [5.41, 5.74) is -4.13. The van der Waals surface area contributed by atoms with Gasteiger partial charge in [0.2, 0.25) is 11.8 Å². The molecule has 0 unspecified atom stereocenters. The number of hydrogen-bond acceptors (Lipinski definition) is 6. The third-order valence-electron chi connectivity index (χ3n) is 9.67. The SMILES string of the molecule is Cn1cc(C2CN(C(=O)[C@@H]3CC[C@@H]4C[C@H]5C[C@H]5C[C@H](NC(=O)c5cc6cc(C(F)(F)P(=O)(O)O)ccc6s5)C(=O)N43)C2)cn1. The van der Waals surface area contributed by atoms with Gasteiger partial charge in [-0.3, -0.25) is 23.6 Å². The van der Waals surface area contributed by atoms with Gasteiger partial charge in [-0.15, -0.1) is 11.3 Å². The van der Waals surface area contributed by atoms with Crippen LogP contribution < -0.4 is 5.32 Å². The first-order valence-electron chi connectivity index (χ1n) is 14.7. The van der Waals surface area contributed by atoms with Crippen molar-refractivity contribution in [3.8, 4) is 0 Å². The summed E-state index contributed by atoms with van der Waals surface area (Å²) in [6.07, 6.45) is 7.38. The molecule has 15 heteroatoms. The molecular formula is C29H32F2N5O6PS. The van der Waals surface area contributed by atoms with Gasteiger partial charge in [0.15, 0.2) is 0 Å². The van der Waals surface area contributed by atoms with Gasteiger partial charge in [0.05, 0.1) is 11.1 Å². The van der Waals surface area contributed by atoms with Crippen LogP contribution in [0.3, 0.4) is 0 Å². The number of fused-ring (bicyclic) bond motifs is 3. The Bertz CT molecular complexity index is 1720. The molecule has 3 N–H and O–H groups in total. The van der Waals surface area contributed by atoms with Crippen LogP contribution in [0.2, 0.25) is 0 Å². The molecule has 0 spiro atoms. The fourth-order valence-corrected chi connectivity index (χ4v) is 8.52. The van der Waals surface area contributed by atoms with Gasteiger partial charge < -0.3 is 24.9 Å². The van der Waals surface area contributed by atoms with Crippen molar-refractivity contribution in [2.24, 2.45) is 18.9 Å². The molecule has 3 aromatic rings. The van der Waals surface area contributed by atoms with Crippen LogP contribution in [0.25, 0.3) is 10.1 Å². The summed E-state index contributed by atoms with van der Waals surface area (Å²) in [5, 5.41) is 7.33. The van der Waals surface area contributed by atoms with Crippen molar-refractivity contribution in [3.63, 3.8) is 0 Å². The molecule has 0 radical (unpaired) electrons. The van der Waals surface area contributed by atoms with Crippen LogP contribution in [0.5, 0.6) is 0 Å². The lowest BCUT2D eigenvalue weighted by atomic mass is 9.93. The predicted octanol–water partition coefficient (Wildman–Crippen LogP) is 3.38. The van der Waals surface area contributed by atoms with Crippen molar-refractivity contribution in [1.82, 2.24) is 24.9 Å². The molecule has 3 aliphatic heterocycles. The number of halogens is 2. The number of carbonyl (C=O) groups is 3. The lowest BCUT2D eigenvalue weighted by Gasteiger charge is -2.43. The van der Waals surface area contributed by atoms with Gasteiger partial charge in [-0.25, -0.2) is 0 Å². The molecule has 5 atom stereocenters. The van der Waals surface area contributed by atoms with Gasteiger partial charge in [0.1, 0.15) is 12.1 Å². The fraction of sp³-hybridized carbons (Fsp3) is 0.517. The third-order valence-corrected chi connectivity index (χ3v) is 11.8. The molecule has 3 amide bonds. The smallest absolute Gasteiger partial charge is 0.340 e. The van der Waals surface area contributed by atoms with Crippen LogP contribution in [-0.4, -0.2) is 78.3 Å². The quantitative estimate of drug-likeness (QED) is 0.348. The molecule has 44 heavy (non-hydrogen) atoms. The second-order valence-electron chi connectivity index (χ2n) is 12.6. The largest absolute Gasteiger partial charge is 0.399 e. The van der Waals surface area contributed by atoms with Crippen LogP contribution in [0.15, 0.2) is 36.7 Å². The maximum absolute atomic E-state index is 14.3. The number of aryl methyl sites for hydroxylation is 1. The average Bonchev–Trinajstić information content (AvgIpc) is 3.27. The van der Waals surface area contributed by atoms with E-state index in [2.05, 4.69) is 10.4 Å². The number of alkyl halides is 2. The third kappa shape index (κ3) is 5.05. The van der Waals surface area contributed by atoms with Crippen molar-refractivity contribution < 1.29 is 37.5 Å². The monoisotopic (exact) mass is 647 g/mol. The molecule has 234 valence electrons. The first-order chi connectivity index (χ1) is 20.8. The highest BCUT2D eigenvalue weighted by Gasteiger charge is 2.53. The number of nitrogens with one attached hydrogen (secondary N) is 1. The molecule has 4 fully saturated rings. The van der Waals surface area contributed by atoms with Crippen LogP contribution in [0.1, 0.15) is 58.8 Å². The molecule has 1 aliphatic carbocycles. The number of rotatable bonds is 6. The van der Waals surface area contributed by atoms with E-state index in [1.807, 2.05) is 19.4 Å². The Balaban J connectivity index is 1.08. The Morgan fingerprint density at radius 2 is 1.86 bits per heavy atom. The summed E-state index contributed by atoms with van der Waals surface area (Å²) in [6, 6.07) is 3.13. The Morgan fingerprint density at radius 3 is 2.57 bits per heavy atom. The Labute approximate surface area is 255 Å². The zero-order chi connectivity index (χ0) is 31.1. The Morgan fingerprint density at radius 1 is 1.11 bits per heavy atom. The summed E-state index contributed by atoms with van der Waals surface area (Å²) in [6.45, 7) is 1.15. The van der Waals surface area contributed by atoms with Crippen molar-refractivity contribution in [2.45, 2.75) is 61.8 Å². The predicted molar refractivity (Wildman–Crippen MR) is 156 cm³/mol. The molecule has 1 aromatic carbocycles. The minimum Gasteiger partial charge on any atom is -0.340 e. The first kappa shape index (κ1) is 29.5. The van der Waals surface area contributed by atoms with Crippen LogP contribution in [-0.2, 0) is 26.9 Å². The van der Waals surface area contributed by atoms with E-state index >= 15 is 0 Å².